The van der Waals surface area contributed by atoms with Gasteiger partial charge in [0.25, 0.3) is 23.6 Å². The molecule has 0 bridgehead atoms. The third-order valence-electron chi connectivity index (χ3n) is 13.7. The predicted molar refractivity (Wildman–Crippen MR) is 268 cm³/mol. The summed E-state index contributed by atoms with van der Waals surface area (Å²) in [6, 6.07) is 29.7. The summed E-state index contributed by atoms with van der Waals surface area (Å²) in [5.74, 6) is -0.0920. The predicted octanol–water partition coefficient (Wildman–Crippen LogP) is 14.2. The molecule has 10 nitrogen and oxygen atoms in total. The van der Waals surface area contributed by atoms with Crippen LogP contribution in [0.4, 0.5) is 11.4 Å². The lowest BCUT2D eigenvalue weighted by molar-refractivity contribution is 0.0877. The van der Waals surface area contributed by atoms with E-state index in [9.17, 15) is 0 Å². The molecule has 10 heteroatoms. The Kier molecular flexibility index (Phi) is 9.93. The molecular formula is C58H48N4O6. The molecule has 7 aromatic carbocycles. The summed E-state index contributed by atoms with van der Waals surface area (Å²) >= 11 is 0. The minimum absolute atomic E-state index is 0.0112. The summed E-state index contributed by atoms with van der Waals surface area (Å²) in [7, 11) is 0. The van der Waals surface area contributed by atoms with Gasteiger partial charge in [-0.15, -0.1) is 0 Å². The van der Waals surface area contributed by atoms with Gasteiger partial charge < -0.3 is 9.47 Å². The van der Waals surface area contributed by atoms with E-state index in [1.165, 1.54) is 9.80 Å². The molecule has 9 aromatic rings. The van der Waals surface area contributed by atoms with Gasteiger partial charge in [0.2, 0.25) is 0 Å². The van der Waals surface area contributed by atoms with E-state index in [4.69, 9.17) is 9.47 Å². The number of benzene rings is 7. The van der Waals surface area contributed by atoms with Crippen molar-refractivity contribution in [2.24, 2.45) is 0 Å². The Morgan fingerprint density at radius 1 is 0.382 bits per heavy atom. The molecule has 0 saturated heterocycles. The van der Waals surface area contributed by atoms with Crippen molar-refractivity contribution in [3.8, 4) is 23.0 Å². The van der Waals surface area contributed by atoms with E-state index < -0.39 is 23.6 Å². The molecule has 0 atom stereocenters. The van der Waals surface area contributed by atoms with Crippen molar-refractivity contribution in [2.75, 3.05) is 9.80 Å². The number of carbonyl (C=O) groups excluding carboxylic acids is 4. The Bertz CT molecular complexity index is 3330. The number of aromatic nitrogens is 2. The minimum atomic E-state index is -0.469. The van der Waals surface area contributed by atoms with E-state index >= 15 is 19.2 Å². The molecule has 0 spiro atoms. The SMILES string of the molecule is CC(C)c1cccc(C(C)C)c1N1C(=O)c2ccc3c4c(Oc5ccncc5)cc5c6c(ccc(c7c(Oc8ccncc8)cc(c2c37)C1=O)c64)C(=O)N(c1c(C(C)C)cccc1C(C)C)C5=O. The number of amides is 4. The second-order valence-electron chi connectivity index (χ2n) is 19.1. The van der Waals surface area contributed by atoms with Gasteiger partial charge >= 0.3 is 0 Å². The first-order valence-electron chi connectivity index (χ1n) is 23.2. The van der Waals surface area contributed by atoms with Crippen LogP contribution in [0.3, 0.4) is 0 Å². The van der Waals surface area contributed by atoms with Gasteiger partial charge in [0.05, 0.1) is 22.5 Å². The van der Waals surface area contributed by atoms with E-state index in [1.54, 1.807) is 73.3 Å². The number of anilines is 2. The van der Waals surface area contributed by atoms with Crippen LogP contribution in [0.5, 0.6) is 23.0 Å². The number of ether oxygens (including phenoxy) is 2. The Morgan fingerprint density at radius 3 is 1.03 bits per heavy atom. The maximum absolute atomic E-state index is 15.5. The Hall–Kier alpha value is -7.98. The van der Waals surface area contributed by atoms with Gasteiger partial charge in [-0.05, 0) is 105 Å². The molecule has 0 aliphatic carbocycles. The van der Waals surface area contributed by atoms with Gasteiger partial charge in [0.15, 0.2) is 0 Å². The molecular weight excluding hydrogens is 849 g/mol. The first-order valence-corrected chi connectivity index (χ1v) is 23.2. The molecule has 2 aliphatic heterocycles. The second kappa shape index (κ2) is 15.8. The molecule has 4 amide bonds. The average Bonchev–Trinajstić information content (AvgIpc) is 3.33. The molecule has 2 aliphatic rings. The van der Waals surface area contributed by atoms with Crippen molar-refractivity contribution in [3.05, 3.63) is 166 Å². The van der Waals surface area contributed by atoms with Crippen molar-refractivity contribution < 1.29 is 28.7 Å². The standard InChI is InChI=1S/C58H48N4O6/c1-29(2)35-11-9-12-36(30(3)4)53(35)61-55(63)41-17-15-39-50-46(68-34-21-25-60-26-22-34)28-44-48-42(56(64)62(58(44)66)54-37(31(5)6)13-10-14-38(54)32(7)8)18-16-40(52(48)50)49-45(67-33-19-23-59-24-20-33)27-43(57(61)65)47(41)51(39)49/h9-32H,1-8H3. The zero-order valence-corrected chi connectivity index (χ0v) is 39.1. The van der Waals surface area contributed by atoms with E-state index in [2.05, 4.69) is 65.4 Å². The fourth-order valence-electron chi connectivity index (χ4n) is 10.6. The third kappa shape index (κ3) is 6.23. The molecule has 0 unspecified atom stereocenters. The van der Waals surface area contributed by atoms with Crippen molar-refractivity contribution in [1.29, 1.82) is 0 Å². The zero-order chi connectivity index (χ0) is 47.4. The Labute approximate surface area is 393 Å². The van der Waals surface area contributed by atoms with Gasteiger partial charge in [-0.3, -0.25) is 29.1 Å². The van der Waals surface area contributed by atoms with Crippen LogP contribution in [0.1, 0.15) is 143 Å². The van der Waals surface area contributed by atoms with Crippen molar-refractivity contribution in [3.63, 3.8) is 0 Å². The summed E-state index contributed by atoms with van der Waals surface area (Å²) in [5, 5.41) is 4.71. The van der Waals surface area contributed by atoms with Gasteiger partial charge in [-0.2, -0.15) is 0 Å². The average molecular weight is 897 g/mol. The third-order valence-corrected chi connectivity index (χ3v) is 13.7. The maximum atomic E-state index is 15.5. The van der Waals surface area contributed by atoms with E-state index in [0.29, 0.717) is 99.7 Å². The van der Waals surface area contributed by atoms with Crippen molar-refractivity contribution in [2.45, 2.75) is 79.1 Å². The van der Waals surface area contributed by atoms with Crippen molar-refractivity contribution in [1.82, 2.24) is 9.97 Å². The van der Waals surface area contributed by atoms with Crippen molar-refractivity contribution >= 4 is 78.1 Å². The highest BCUT2D eigenvalue weighted by Crippen LogP contribution is 2.54. The zero-order valence-electron chi connectivity index (χ0n) is 39.1. The molecule has 336 valence electrons. The van der Waals surface area contributed by atoms with E-state index in [-0.39, 0.29) is 23.7 Å². The largest absolute Gasteiger partial charge is 0.457 e. The lowest BCUT2D eigenvalue weighted by Gasteiger charge is -2.34. The number of para-hydroxylation sites is 2. The van der Waals surface area contributed by atoms with Gasteiger partial charge in [0, 0.05) is 68.2 Å². The summed E-state index contributed by atoms with van der Waals surface area (Å²) < 4.78 is 13.7. The molecule has 0 saturated carbocycles. The van der Waals surface area contributed by atoms with Crippen LogP contribution in [0, 0.1) is 0 Å². The second-order valence-corrected chi connectivity index (χ2v) is 19.1. The van der Waals surface area contributed by atoms with E-state index in [0.717, 1.165) is 22.3 Å². The molecule has 0 fully saturated rings. The first kappa shape index (κ1) is 42.6. The number of carbonyl (C=O) groups is 4. The molecule has 4 heterocycles. The fourth-order valence-corrected chi connectivity index (χ4v) is 10.6. The van der Waals surface area contributed by atoms with Crippen LogP contribution in [0.15, 0.2) is 122 Å². The number of hydrogen-bond acceptors (Lipinski definition) is 8. The lowest BCUT2D eigenvalue weighted by atomic mass is 9.80. The topological polar surface area (TPSA) is 119 Å². The van der Waals surface area contributed by atoms with Crippen LogP contribution in [-0.2, 0) is 0 Å². The summed E-state index contributed by atoms with van der Waals surface area (Å²) in [4.78, 5) is 72.6. The number of fused-ring (bicyclic) bond motifs is 2. The number of nitrogens with zero attached hydrogens (tertiary/aromatic N) is 4. The highest BCUT2D eigenvalue weighted by molar-refractivity contribution is 6.46. The molecule has 68 heavy (non-hydrogen) atoms. The van der Waals surface area contributed by atoms with Gasteiger partial charge in [-0.25, -0.2) is 9.80 Å². The number of imide groups is 2. The van der Waals surface area contributed by atoms with Gasteiger partial charge in [-0.1, -0.05) is 104 Å². The highest BCUT2D eigenvalue weighted by Gasteiger charge is 2.42. The Morgan fingerprint density at radius 2 is 0.706 bits per heavy atom. The summed E-state index contributed by atoms with van der Waals surface area (Å²) in [5.41, 5.74) is 6.08. The minimum Gasteiger partial charge on any atom is -0.457 e. The summed E-state index contributed by atoms with van der Waals surface area (Å²) in [6.07, 6.45) is 6.52. The first-order chi connectivity index (χ1) is 32.8. The molecule has 11 rings (SSSR count). The monoisotopic (exact) mass is 896 g/mol. The normalized spacial score (nSPS) is 13.9. The molecule has 0 radical (unpaired) electrons. The van der Waals surface area contributed by atoms with E-state index in [1.807, 2.05) is 48.5 Å². The number of hydrogen-bond donors (Lipinski definition) is 0. The Balaban J connectivity index is 1.26. The van der Waals surface area contributed by atoms with Crippen LogP contribution in [0.2, 0.25) is 0 Å². The van der Waals surface area contributed by atoms with Gasteiger partial charge in [0.1, 0.15) is 23.0 Å². The smallest absolute Gasteiger partial charge is 0.266 e. The molecule has 2 aromatic heterocycles. The maximum Gasteiger partial charge on any atom is 0.266 e. The fraction of sp³-hybridized carbons (Fsp3) is 0.207. The lowest BCUT2D eigenvalue weighted by Crippen LogP contribution is -2.42. The number of pyridine rings is 2. The highest BCUT2D eigenvalue weighted by atomic mass is 16.5. The van der Waals surface area contributed by atoms with Crippen LogP contribution < -0.4 is 19.3 Å². The van der Waals surface area contributed by atoms with Crippen LogP contribution >= 0.6 is 0 Å². The molecule has 0 N–H and O–H groups in total. The summed E-state index contributed by atoms with van der Waals surface area (Å²) in [6.45, 7) is 16.5. The quantitative estimate of drug-likeness (QED) is 0.0756. The van der Waals surface area contributed by atoms with Crippen LogP contribution in [0.25, 0.3) is 43.1 Å². The van der Waals surface area contributed by atoms with Crippen LogP contribution in [-0.4, -0.2) is 33.6 Å². The number of rotatable bonds is 10.